The van der Waals surface area contributed by atoms with Crippen molar-refractivity contribution in [3.8, 4) is 0 Å². The monoisotopic (exact) mass is 339 g/mol. The number of halogens is 2. The van der Waals surface area contributed by atoms with Crippen molar-refractivity contribution in [2.75, 3.05) is 4.90 Å². The van der Waals surface area contributed by atoms with E-state index < -0.39 is 11.2 Å². The van der Waals surface area contributed by atoms with E-state index in [1.165, 1.54) is 11.0 Å². The van der Waals surface area contributed by atoms with Gasteiger partial charge in [-0.1, -0.05) is 12.8 Å². The summed E-state index contributed by atoms with van der Waals surface area (Å²) in [5, 5.41) is 0. The zero-order valence-electron chi connectivity index (χ0n) is 11.2. The Morgan fingerprint density at radius 2 is 1.90 bits per heavy atom. The third kappa shape index (κ3) is 1.91. The Kier molecular flexibility index (Phi) is 3.20. The van der Waals surface area contributed by atoms with Crippen LogP contribution in [0, 0.1) is 18.2 Å². The summed E-state index contributed by atoms with van der Waals surface area (Å²) in [5.74, 6) is -0.815. The minimum Gasteiger partial charge on any atom is -0.274 e. The maximum absolute atomic E-state index is 13.7. The first kappa shape index (κ1) is 13.7. The summed E-state index contributed by atoms with van der Waals surface area (Å²) >= 11 is 3.12. The largest absolute Gasteiger partial charge is 0.274 e. The van der Waals surface area contributed by atoms with Gasteiger partial charge in [-0.05, 0) is 53.4 Å². The normalized spacial score (nSPS) is 21.2. The molecule has 3 nitrogen and oxygen atoms in total. The standard InChI is InChI=1S/C15H15BrFNO2/c1-9-6-10(16)11(17)7-12(9)18-13(19)8-15(14(18)20)4-2-3-5-15/h6-7H,2-5,8H2,1H3. The molecule has 1 spiro atoms. The molecule has 2 amide bonds. The number of carbonyl (C=O) groups is 2. The van der Waals surface area contributed by atoms with E-state index in [1.54, 1.807) is 13.0 Å². The molecule has 20 heavy (non-hydrogen) atoms. The Hall–Kier alpha value is -1.23. The van der Waals surface area contributed by atoms with Gasteiger partial charge in [0.2, 0.25) is 11.8 Å². The van der Waals surface area contributed by atoms with Crippen LogP contribution in [0.15, 0.2) is 16.6 Å². The van der Waals surface area contributed by atoms with Crippen LogP contribution >= 0.6 is 15.9 Å². The molecule has 0 aromatic heterocycles. The molecule has 106 valence electrons. The van der Waals surface area contributed by atoms with Gasteiger partial charge in [-0.25, -0.2) is 9.29 Å². The topological polar surface area (TPSA) is 37.4 Å². The second-order valence-electron chi connectivity index (χ2n) is 5.75. The first-order valence-electron chi connectivity index (χ1n) is 6.78. The molecule has 0 radical (unpaired) electrons. The fourth-order valence-electron chi connectivity index (χ4n) is 3.36. The molecule has 1 saturated carbocycles. The fourth-order valence-corrected chi connectivity index (χ4v) is 3.82. The van der Waals surface area contributed by atoms with Gasteiger partial charge in [0.15, 0.2) is 0 Å². The lowest BCUT2D eigenvalue weighted by Gasteiger charge is -2.22. The molecule has 1 aliphatic heterocycles. The highest BCUT2D eigenvalue weighted by Gasteiger charge is 2.53. The number of imide groups is 1. The Morgan fingerprint density at radius 3 is 2.55 bits per heavy atom. The molecule has 0 atom stereocenters. The summed E-state index contributed by atoms with van der Waals surface area (Å²) in [6.07, 6.45) is 3.78. The van der Waals surface area contributed by atoms with E-state index >= 15 is 0 Å². The molecule has 1 heterocycles. The van der Waals surface area contributed by atoms with Gasteiger partial charge in [0.05, 0.1) is 15.6 Å². The lowest BCUT2D eigenvalue weighted by Crippen LogP contribution is -2.34. The van der Waals surface area contributed by atoms with Crippen LogP contribution in [0.25, 0.3) is 0 Å². The summed E-state index contributed by atoms with van der Waals surface area (Å²) in [5.41, 5.74) is 0.576. The second kappa shape index (κ2) is 4.65. The van der Waals surface area contributed by atoms with E-state index in [0.29, 0.717) is 10.2 Å². The highest BCUT2D eigenvalue weighted by atomic mass is 79.9. The maximum Gasteiger partial charge on any atom is 0.240 e. The van der Waals surface area contributed by atoms with Crippen LogP contribution in [-0.2, 0) is 9.59 Å². The number of hydrogen-bond donors (Lipinski definition) is 0. The van der Waals surface area contributed by atoms with Crippen LogP contribution in [0.1, 0.15) is 37.7 Å². The molecule has 1 aromatic carbocycles. The van der Waals surface area contributed by atoms with Gasteiger partial charge in [0.1, 0.15) is 5.82 Å². The van der Waals surface area contributed by atoms with Crippen molar-refractivity contribution in [1.82, 2.24) is 0 Å². The average Bonchev–Trinajstić information content (AvgIpc) is 2.93. The van der Waals surface area contributed by atoms with Crippen LogP contribution < -0.4 is 4.90 Å². The van der Waals surface area contributed by atoms with E-state index in [1.807, 2.05) is 0 Å². The SMILES string of the molecule is Cc1cc(Br)c(F)cc1N1C(=O)CC2(CCCC2)C1=O. The molecule has 2 aliphatic rings. The Labute approximate surface area is 125 Å². The number of carbonyl (C=O) groups excluding carboxylic acids is 2. The summed E-state index contributed by atoms with van der Waals surface area (Å²) in [7, 11) is 0. The molecular weight excluding hydrogens is 325 g/mol. The first-order valence-corrected chi connectivity index (χ1v) is 7.57. The zero-order valence-corrected chi connectivity index (χ0v) is 12.8. The van der Waals surface area contributed by atoms with Crippen LogP contribution in [0.5, 0.6) is 0 Å². The van der Waals surface area contributed by atoms with Crippen molar-refractivity contribution in [3.05, 3.63) is 28.0 Å². The molecular formula is C15H15BrFNO2. The van der Waals surface area contributed by atoms with Crippen LogP contribution in [-0.4, -0.2) is 11.8 Å². The van der Waals surface area contributed by atoms with Gasteiger partial charge in [-0.3, -0.25) is 9.59 Å². The van der Waals surface area contributed by atoms with Crippen molar-refractivity contribution < 1.29 is 14.0 Å². The summed E-state index contributed by atoms with van der Waals surface area (Å²) in [4.78, 5) is 26.1. The van der Waals surface area contributed by atoms with Crippen molar-refractivity contribution >= 4 is 33.4 Å². The lowest BCUT2D eigenvalue weighted by atomic mass is 9.84. The van der Waals surface area contributed by atoms with Gasteiger partial charge >= 0.3 is 0 Å². The van der Waals surface area contributed by atoms with Gasteiger partial charge in [0, 0.05) is 6.42 Å². The third-order valence-corrected chi connectivity index (χ3v) is 5.04. The third-order valence-electron chi connectivity index (χ3n) is 4.44. The zero-order chi connectivity index (χ0) is 14.5. The van der Waals surface area contributed by atoms with Crippen molar-refractivity contribution in [2.24, 2.45) is 5.41 Å². The fraction of sp³-hybridized carbons (Fsp3) is 0.467. The number of benzene rings is 1. The number of amides is 2. The van der Waals surface area contributed by atoms with Crippen molar-refractivity contribution in [1.29, 1.82) is 0 Å². The molecule has 1 saturated heterocycles. The average molecular weight is 340 g/mol. The van der Waals surface area contributed by atoms with E-state index in [4.69, 9.17) is 0 Å². The number of anilines is 1. The van der Waals surface area contributed by atoms with Gasteiger partial charge in [-0.2, -0.15) is 0 Å². The summed E-state index contributed by atoms with van der Waals surface area (Å²) in [6, 6.07) is 2.87. The van der Waals surface area contributed by atoms with E-state index in [-0.39, 0.29) is 18.2 Å². The molecule has 1 aliphatic carbocycles. The molecule has 2 fully saturated rings. The Balaban J connectivity index is 2.04. The van der Waals surface area contributed by atoms with Gasteiger partial charge in [-0.15, -0.1) is 0 Å². The highest BCUT2D eigenvalue weighted by molar-refractivity contribution is 9.10. The number of hydrogen-bond acceptors (Lipinski definition) is 2. The molecule has 3 rings (SSSR count). The second-order valence-corrected chi connectivity index (χ2v) is 6.61. The maximum atomic E-state index is 13.7. The highest BCUT2D eigenvalue weighted by Crippen LogP contribution is 2.48. The van der Waals surface area contributed by atoms with Gasteiger partial charge in [0.25, 0.3) is 0 Å². The van der Waals surface area contributed by atoms with E-state index in [2.05, 4.69) is 15.9 Å². The first-order chi connectivity index (χ1) is 9.44. The minimum absolute atomic E-state index is 0.148. The molecule has 0 unspecified atom stereocenters. The molecule has 5 heteroatoms. The number of aryl methyl sites for hydroxylation is 1. The lowest BCUT2D eigenvalue weighted by molar-refractivity contribution is -0.125. The molecule has 1 aromatic rings. The summed E-state index contributed by atoms with van der Waals surface area (Å²) < 4.78 is 14.1. The van der Waals surface area contributed by atoms with Crippen LogP contribution in [0.2, 0.25) is 0 Å². The Morgan fingerprint density at radius 1 is 1.25 bits per heavy atom. The van der Waals surface area contributed by atoms with Crippen LogP contribution in [0.3, 0.4) is 0 Å². The van der Waals surface area contributed by atoms with Crippen molar-refractivity contribution in [2.45, 2.75) is 39.0 Å². The predicted molar refractivity (Wildman–Crippen MR) is 76.8 cm³/mol. The van der Waals surface area contributed by atoms with Crippen molar-refractivity contribution in [3.63, 3.8) is 0 Å². The molecule has 0 N–H and O–H groups in total. The minimum atomic E-state index is -0.521. The predicted octanol–water partition coefficient (Wildman–Crippen LogP) is 3.72. The van der Waals surface area contributed by atoms with E-state index in [9.17, 15) is 14.0 Å². The van der Waals surface area contributed by atoms with Gasteiger partial charge < -0.3 is 0 Å². The van der Waals surface area contributed by atoms with Crippen LogP contribution in [0.4, 0.5) is 10.1 Å². The smallest absolute Gasteiger partial charge is 0.240 e. The number of rotatable bonds is 1. The number of nitrogens with zero attached hydrogens (tertiary/aromatic N) is 1. The summed E-state index contributed by atoms with van der Waals surface area (Å²) in [6.45, 7) is 1.78. The Bertz CT molecular complexity index is 608. The molecule has 0 bridgehead atoms. The quantitative estimate of drug-likeness (QED) is 0.731. The van der Waals surface area contributed by atoms with E-state index in [0.717, 1.165) is 31.2 Å².